The predicted octanol–water partition coefficient (Wildman–Crippen LogP) is 3.54. The van der Waals surface area contributed by atoms with Crippen molar-refractivity contribution in [2.75, 3.05) is 17.7 Å². The molecule has 7 nitrogen and oxygen atoms in total. The second kappa shape index (κ2) is 8.21. The van der Waals surface area contributed by atoms with Crippen LogP contribution in [0.5, 0.6) is 0 Å². The third-order valence-corrected chi connectivity index (χ3v) is 3.66. The van der Waals surface area contributed by atoms with Gasteiger partial charge in [-0.15, -0.1) is 0 Å². The van der Waals surface area contributed by atoms with Gasteiger partial charge in [0.2, 0.25) is 0 Å². The average Bonchev–Trinajstić information content (AvgIpc) is 2.71. The molecule has 1 amide bonds. The predicted molar refractivity (Wildman–Crippen MR) is 97.4 cm³/mol. The third-order valence-electron chi connectivity index (χ3n) is 3.66. The van der Waals surface area contributed by atoms with Crippen molar-refractivity contribution in [3.63, 3.8) is 0 Å². The molecule has 2 N–H and O–H groups in total. The molecule has 0 spiro atoms. The number of rotatable bonds is 5. The highest BCUT2D eigenvalue weighted by Crippen LogP contribution is 2.18. The molecule has 0 radical (unpaired) electrons. The first-order chi connectivity index (χ1) is 13.5. The van der Waals surface area contributed by atoms with Gasteiger partial charge in [-0.2, -0.15) is 0 Å². The van der Waals surface area contributed by atoms with Crippen LogP contribution >= 0.6 is 0 Å². The SMILES string of the molecule is COC(=O)c1ccc(NC(=O)c2cc(Nc3ccc(F)c(F)c3)ncn2)cc1. The number of aromatic nitrogens is 2. The van der Waals surface area contributed by atoms with Gasteiger partial charge in [0, 0.05) is 23.5 Å². The molecule has 1 aromatic heterocycles. The van der Waals surface area contributed by atoms with Crippen molar-refractivity contribution in [1.82, 2.24) is 9.97 Å². The fourth-order valence-corrected chi connectivity index (χ4v) is 2.27. The Bertz CT molecular complexity index is 1030. The van der Waals surface area contributed by atoms with Crippen molar-refractivity contribution < 1.29 is 23.1 Å². The van der Waals surface area contributed by atoms with E-state index in [0.29, 0.717) is 11.3 Å². The van der Waals surface area contributed by atoms with E-state index in [1.807, 2.05) is 0 Å². The minimum Gasteiger partial charge on any atom is -0.465 e. The molecular weight excluding hydrogens is 370 g/mol. The zero-order valence-corrected chi connectivity index (χ0v) is 14.6. The molecular formula is C19H14F2N4O3. The van der Waals surface area contributed by atoms with E-state index in [-0.39, 0.29) is 17.2 Å². The highest BCUT2D eigenvalue weighted by molar-refractivity contribution is 6.03. The smallest absolute Gasteiger partial charge is 0.337 e. The fourth-order valence-electron chi connectivity index (χ4n) is 2.27. The maximum absolute atomic E-state index is 13.3. The highest BCUT2D eigenvalue weighted by atomic mass is 19.2. The Labute approximate surface area is 158 Å². The van der Waals surface area contributed by atoms with Crippen LogP contribution < -0.4 is 10.6 Å². The van der Waals surface area contributed by atoms with Gasteiger partial charge in [-0.05, 0) is 36.4 Å². The number of hydrogen-bond donors (Lipinski definition) is 2. The van der Waals surface area contributed by atoms with E-state index in [0.717, 1.165) is 18.5 Å². The van der Waals surface area contributed by atoms with Crippen LogP contribution in [0.2, 0.25) is 0 Å². The lowest BCUT2D eigenvalue weighted by Gasteiger charge is -2.08. The quantitative estimate of drug-likeness (QED) is 0.654. The van der Waals surface area contributed by atoms with E-state index < -0.39 is 23.5 Å². The molecule has 0 saturated carbocycles. The summed E-state index contributed by atoms with van der Waals surface area (Å²) in [6, 6.07) is 10.8. The van der Waals surface area contributed by atoms with Gasteiger partial charge in [0.1, 0.15) is 17.8 Å². The van der Waals surface area contributed by atoms with Gasteiger partial charge in [-0.25, -0.2) is 23.5 Å². The summed E-state index contributed by atoms with van der Waals surface area (Å²) in [7, 11) is 1.28. The summed E-state index contributed by atoms with van der Waals surface area (Å²) < 4.78 is 30.9. The molecule has 0 saturated heterocycles. The standard InChI is InChI=1S/C19H14F2N4O3/c1-28-19(27)11-2-4-12(5-3-11)25-18(26)16-9-17(23-10-22-16)24-13-6-7-14(20)15(21)8-13/h2-10H,1H3,(H,25,26)(H,22,23,24). The number of carbonyl (C=O) groups excluding carboxylic acids is 2. The van der Waals surface area contributed by atoms with Crippen molar-refractivity contribution in [3.05, 3.63) is 77.8 Å². The summed E-state index contributed by atoms with van der Waals surface area (Å²) in [5.41, 5.74) is 1.12. The van der Waals surface area contributed by atoms with Gasteiger partial charge in [0.05, 0.1) is 12.7 Å². The van der Waals surface area contributed by atoms with E-state index in [1.54, 1.807) is 12.1 Å². The molecule has 0 bridgehead atoms. The topological polar surface area (TPSA) is 93.2 Å². The first-order valence-corrected chi connectivity index (χ1v) is 8.00. The number of benzene rings is 2. The molecule has 1 heterocycles. The summed E-state index contributed by atoms with van der Waals surface area (Å²) in [5, 5.41) is 5.40. The minimum absolute atomic E-state index is 0.0529. The normalized spacial score (nSPS) is 10.2. The van der Waals surface area contributed by atoms with Gasteiger partial charge in [0.25, 0.3) is 5.91 Å². The summed E-state index contributed by atoms with van der Waals surface area (Å²) in [4.78, 5) is 31.6. The molecule has 9 heteroatoms. The number of anilines is 3. The molecule has 0 unspecified atom stereocenters. The maximum Gasteiger partial charge on any atom is 0.337 e. The lowest BCUT2D eigenvalue weighted by atomic mass is 10.2. The van der Waals surface area contributed by atoms with Crippen LogP contribution in [-0.4, -0.2) is 29.0 Å². The molecule has 0 aliphatic rings. The number of amides is 1. The van der Waals surface area contributed by atoms with Crippen LogP contribution in [0.25, 0.3) is 0 Å². The molecule has 3 aromatic rings. The van der Waals surface area contributed by atoms with Crippen molar-refractivity contribution >= 4 is 29.1 Å². The Morgan fingerprint density at radius 3 is 2.32 bits per heavy atom. The maximum atomic E-state index is 13.3. The van der Waals surface area contributed by atoms with E-state index in [9.17, 15) is 18.4 Å². The van der Waals surface area contributed by atoms with Crippen LogP contribution in [0, 0.1) is 11.6 Å². The van der Waals surface area contributed by atoms with Gasteiger partial charge in [-0.3, -0.25) is 4.79 Å². The lowest BCUT2D eigenvalue weighted by Crippen LogP contribution is -2.14. The first-order valence-electron chi connectivity index (χ1n) is 8.00. The van der Waals surface area contributed by atoms with Crippen molar-refractivity contribution in [3.8, 4) is 0 Å². The van der Waals surface area contributed by atoms with Crippen LogP contribution in [-0.2, 0) is 4.74 Å². The summed E-state index contributed by atoms with van der Waals surface area (Å²) >= 11 is 0. The number of hydrogen-bond acceptors (Lipinski definition) is 6. The zero-order chi connectivity index (χ0) is 20.1. The van der Waals surface area contributed by atoms with Gasteiger partial charge >= 0.3 is 5.97 Å². The molecule has 3 rings (SSSR count). The number of ether oxygens (including phenoxy) is 1. The monoisotopic (exact) mass is 384 g/mol. The van der Waals surface area contributed by atoms with Crippen LogP contribution in [0.15, 0.2) is 54.9 Å². The molecule has 142 valence electrons. The number of nitrogens with zero attached hydrogens (tertiary/aromatic N) is 2. The highest BCUT2D eigenvalue weighted by Gasteiger charge is 2.11. The number of nitrogens with one attached hydrogen (secondary N) is 2. The van der Waals surface area contributed by atoms with E-state index in [1.165, 1.54) is 31.4 Å². The Balaban J connectivity index is 1.71. The van der Waals surface area contributed by atoms with E-state index in [4.69, 9.17) is 0 Å². The lowest BCUT2D eigenvalue weighted by molar-refractivity contribution is 0.0600. The van der Waals surface area contributed by atoms with E-state index >= 15 is 0 Å². The Hall–Kier alpha value is -3.88. The third kappa shape index (κ3) is 4.44. The fraction of sp³-hybridized carbons (Fsp3) is 0.0526. The number of methoxy groups -OCH3 is 1. The second-order valence-corrected chi connectivity index (χ2v) is 5.57. The van der Waals surface area contributed by atoms with Gasteiger partial charge in [0.15, 0.2) is 11.6 Å². The average molecular weight is 384 g/mol. The summed E-state index contributed by atoms with van der Waals surface area (Å²) in [6.07, 6.45) is 1.16. The largest absolute Gasteiger partial charge is 0.465 e. The molecule has 0 aliphatic carbocycles. The molecule has 28 heavy (non-hydrogen) atoms. The van der Waals surface area contributed by atoms with E-state index in [2.05, 4.69) is 25.3 Å². The summed E-state index contributed by atoms with van der Waals surface area (Å²) in [5.74, 6) is -2.74. The number of esters is 1. The molecule has 0 fully saturated rings. The molecule has 0 atom stereocenters. The van der Waals surface area contributed by atoms with Gasteiger partial charge < -0.3 is 15.4 Å². The Morgan fingerprint density at radius 1 is 0.929 bits per heavy atom. The van der Waals surface area contributed by atoms with Crippen molar-refractivity contribution in [1.29, 1.82) is 0 Å². The summed E-state index contributed by atoms with van der Waals surface area (Å²) in [6.45, 7) is 0. The van der Waals surface area contributed by atoms with Crippen LogP contribution in [0.3, 0.4) is 0 Å². The Kier molecular flexibility index (Phi) is 5.54. The number of halogens is 2. The second-order valence-electron chi connectivity index (χ2n) is 5.57. The molecule has 0 aliphatic heterocycles. The van der Waals surface area contributed by atoms with Crippen molar-refractivity contribution in [2.24, 2.45) is 0 Å². The number of carbonyl (C=O) groups is 2. The Morgan fingerprint density at radius 2 is 1.64 bits per heavy atom. The molecule has 2 aromatic carbocycles. The van der Waals surface area contributed by atoms with Crippen LogP contribution in [0.1, 0.15) is 20.8 Å². The van der Waals surface area contributed by atoms with Crippen LogP contribution in [0.4, 0.5) is 26.0 Å². The first kappa shape index (κ1) is 18.9. The zero-order valence-electron chi connectivity index (χ0n) is 14.6. The minimum atomic E-state index is -1.01. The van der Waals surface area contributed by atoms with Crippen molar-refractivity contribution in [2.45, 2.75) is 0 Å². The van der Waals surface area contributed by atoms with Gasteiger partial charge in [-0.1, -0.05) is 0 Å².